The van der Waals surface area contributed by atoms with Crippen LogP contribution in [-0.4, -0.2) is 34.9 Å². The molecule has 1 atom stereocenters. The summed E-state index contributed by atoms with van der Waals surface area (Å²) >= 11 is 3.37. The van der Waals surface area contributed by atoms with Gasteiger partial charge in [0.15, 0.2) is 0 Å². The quantitative estimate of drug-likeness (QED) is 0.893. The minimum absolute atomic E-state index is 0. The number of aromatic nitrogens is 1. The number of rotatable bonds is 2. The molecule has 0 aliphatic carbocycles. The summed E-state index contributed by atoms with van der Waals surface area (Å²) in [7, 11) is 0. The molecule has 2 rings (SSSR count). The van der Waals surface area contributed by atoms with Crippen LogP contribution in [0.15, 0.2) is 22.8 Å². The minimum atomic E-state index is 0. The number of carbonyl (C=O) groups excluding carboxylic acids is 1. The Hall–Kier alpha value is -0.650. The summed E-state index contributed by atoms with van der Waals surface area (Å²) in [5.74, 6) is 0.534. The van der Waals surface area contributed by atoms with Gasteiger partial charge in [0, 0.05) is 29.8 Å². The molecule has 4 nitrogen and oxygen atoms in total. The average molecular weight is 349 g/mol. The number of nitrogens with two attached hydrogens (primary N) is 1. The van der Waals surface area contributed by atoms with Crippen molar-refractivity contribution in [2.75, 3.05) is 13.1 Å². The van der Waals surface area contributed by atoms with Crippen LogP contribution in [0.5, 0.6) is 0 Å². The molecule has 0 saturated carbocycles. The van der Waals surface area contributed by atoms with Crippen LogP contribution in [0.25, 0.3) is 0 Å². The van der Waals surface area contributed by atoms with Crippen molar-refractivity contribution in [2.45, 2.75) is 25.8 Å². The maximum atomic E-state index is 12.3. The van der Waals surface area contributed by atoms with E-state index in [4.69, 9.17) is 5.73 Å². The number of pyridine rings is 1. The predicted molar refractivity (Wildman–Crippen MR) is 81.5 cm³/mol. The normalized spacial score (nSPS) is 17.7. The van der Waals surface area contributed by atoms with Gasteiger partial charge in [0.1, 0.15) is 5.69 Å². The highest BCUT2D eigenvalue weighted by Gasteiger charge is 2.26. The molecule has 19 heavy (non-hydrogen) atoms. The van der Waals surface area contributed by atoms with Crippen molar-refractivity contribution in [3.05, 3.63) is 28.5 Å². The first-order chi connectivity index (χ1) is 8.59. The monoisotopic (exact) mass is 347 g/mol. The Bertz CT molecular complexity index is 434. The van der Waals surface area contributed by atoms with E-state index in [-0.39, 0.29) is 24.4 Å². The third-order valence-corrected chi connectivity index (χ3v) is 4.17. The number of halogens is 2. The summed E-state index contributed by atoms with van der Waals surface area (Å²) in [6.07, 6.45) is 3.61. The largest absolute Gasteiger partial charge is 0.337 e. The number of piperidine rings is 1. The molecule has 2 N–H and O–H groups in total. The van der Waals surface area contributed by atoms with Gasteiger partial charge >= 0.3 is 0 Å². The molecule has 0 bridgehead atoms. The molecule has 6 heteroatoms. The van der Waals surface area contributed by atoms with Crippen LogP contribution in [-0.2, 0) is 0 Å². The van der Waals surface area contributed by atoms with E-state index in [1.807, 2.05) is 24.0 Å². The van der Waals surface area contributed by atoms with Gasteiger partial charge in [-0.2, -0.15) is 0 Å². The van der Waals surface area contributed by atoms with Crippen molar-refractivity contribution in [3.8, 4) is 0 Å². The Morgan fingerprint density at radius 2 is 2.16 bits per heavy atom. The summed E-state index contributed by atoms with van der Waals surface area (Å²) in [5.41, 5.74) is 6.40. The van der Waals surface area contributed by atoms with Gasteiger partial charge in [0.2, 0.25) is 0 Å². The molecule has 1 aromatic heterocycles. The molecule has 106 valence electrons. The number of hydrogen-bond donors (Lipinski definition) is 1. The van der Waals surface area contributed by atoms with Crippen LogP contribution >= 0.6 is 28.3 Å². The van der Waals surface area contributed by atoms with Crippen molar-refractivity contribution in [1.82, 2.24) is 9.88 Å². The van der Waals surface area contributed by atoms with Crippen LogP contribution < -0.4 is 5.73 Å². The van der Waals surface area contributed by atoms with Crippen LogP contribution in [0.4, 0.5) is 0 Å². The zero-order valence-electron chi connectivity index (χ0n) is 10.9. The molecule has 1 aliphatic heterocycles. The number of hydrogen-bond acceptors (Lipinski definition) is 3. The first-order valence-electron chi connectivity index (χ1n) is 6.25. The number of amides is 1. The standard InChI is InChI=1S/C13H18BrN3O.ClH/c1-9(15)10-4-7-17(8-5-10)13(18)12-11(14)3-2-6-16-12;/h2-3,6,9-10H,4-5,7-8,15H2,1H3;1H. The number of carbonyl (C=O) groups is 1. The number of likely N-dealkylation sites (tertiary alicyclic amines) is 1. The van der Waals surface area contributed by atoms with Crippen molar-refractivity contribution in [2.24, 2.45) is 11.7 Å². The van der Waals surface area contributed by atoms with E-state index < -0.39 is 0 Å². The topological polar surface area (TPSA) is 59.2 Å². The zero-order chi connectivity index (χ0) is 13.1. The second-order valence-corrected chi connectivity index (χ2v) is 5.68. The molecule has 1 saturated heterocycles. The molecule has 0 spiro atoms. The van der Waals surface area contributed by atoms with Crippen LogP contribution in [0, 0.1) is 5.92 Å². The van der Waals surface area contributed by atoms with Gasteiger partial charge in [0.25, 0.3) is 5.91 Å². The lowest BCUT2D eigenvalue weighted by Crippen LogP contribution is -2.42. The molecule has 0 aromatic carbocycles. The van der Waals surface area contributed by atoms with E-state index in [0.717, 1.165) is 30.4 Å². The Labute approximate surface area is 128 Å². The Morgan fingerprint density at radius 1 is 1.53 bits per heavy atom. The fourth-order valence-corrected chi connectivity index (χ4v) is 2.75. The van der Waals surface area contributed by atoms with Gasteiger partial charge in [-0.15, -0.1) is 12.4 Å². The van der Waals surface area contributed by atoms with Gasteiger partial charge in [-0.3, -0.25) is 4.79 Å². The summed E-state index contributed by atoms with van der Waals surface area (Å²) in [6.45, 7) is 3.58. The van der Waals surface area contributed by atoms with Gasteiger partial charge in [0.05, 0.1) is 0 Å². The van der Waals surface area contributed by atoms with Crippen molar-refractivity contribution < 1.29 is 4.79 Å². The summed E-state index contributed by atoms with van der Waals surface area (Å²) in [6, 6.07) is 3.86. The molecule has 1 unspecified atom stereocenters. The zero-order valence-corrected chi connectivity index (χ0v) is 13.3. The third-order valence-electron chi connectivity index (χ3n) is 3.53. The van der Waals surface area contributed by atoms with Crippen molar-refractivity contribution in [1.29, 1.82) is 0 Å². The van der Waals surface area contributed by atoms with E-state index in [0.29, 0.717) is 11.6 Å². The summed E-state index contributed by atoms with van der Waals surface area (Å²) in [5, 5.41) is 0. The maximum Gasteiger partial charge on any atom is 0.273 e. The summed E-state index contributed by atoms with van der Waals surface area (Å²) in [4.78, 5) is 18.3. The molecule has 1 aliphatic rings. The Kier molecular flexibility index (Phi) is 6.23. The third kappa shape index (κ3) is 3.91. The lowest BCUT2D eigenvalue weighted by molar-refractivity contribution is 0.0674. The molecular formula is C13H19BrClN3O. The SMILES string of the molecule is CC(N)C1CCN(C(=O)c2ncccc2Br)CC1.Cl. The highest BCUT2D eigenvalue weighted by Crippen LogP contribution is 2.22. The second kappa shape index (κ2) is 7.22. The first kappa shape index (κ1) is 16.4. The lowest BCUT2D eigenvalue weighted by atomic mass is 9.91. The number of nitrogens with zero attached hydrogens (tertiary/aromatic N) is 2. The maximum absolute atomic E-state index is 12.3. The fourth-order valence-electron chi connectivity index (χ4n) is 2.32. The van der Waals surface area contributed by atoms with E-state index >= 15 is 0 Å². The van der Waals surface area contributed by atoms with Crippen molar-refractivity contribution in [3.63, 3.8) is 0 Å². The van der Waals surface area contributed by atoms with Gasteiger partial charge in [-0.05, 0) is 53.7 Å². The predicted octanol–water partition coefficient (Wildman–Crippen LogP) is 2.47. The Morgan fingerprint density at radius 3 is 2.68 bits per heavy atom. The van der Waals surface area contributed by atoms with E-state index in [1.54, 1.807) is 6.20 Å². The van der Waals surface area contributed by atoms with Crippen LogP contribution in [0.3, 0.4) is 0 Å². The highest BCUT2D eigenvalue weighted by molar-refractivity contribution is 9.10. The average Bonchev–Trinajstić information content (AvgIpc) is 2.38. The van der Waals surface area contributed by atoms with Crippen molar-refractivity contribution >= 4 is 34.2 Å². The highest BCUT2D eigenvalue weighted by atomic mass is 79.9. The van der Waals surface area contributed by atoms with Gasteiger partial charge in [-0.25, -0.2) is 4.98 Å². The molecular weight excluding hydrogens is 330 g/mol. The van der Waals surface area contributed by atoms with E-state index in [1.165, 1.54) is 0 Å². The second-order valence-electron chi connectivity index (χ2n) is 4.82. The Balaban J connectivity index is 0.00000180. The molecule has 0 radical (unpaired) electrons. The smallest absolute Gasteiger partial charge is 0.273 e. The first-order valence-corrected chi connectivity index (χ1v) is 7.04. The minimum Gasteiger partial charge on any atom is -0.337 e. The van der Waals surface area contributed by atoms with Gasteiger partial charge < -0.3 is 10.6 Å². The lowest BCUT2D eigenvalue weighted by Gasteiger charge is -2.33. The van der Waals surface area contributed by atoms with E-state index in [2.05, 4.69) is 20.9 Å². The van der Waals surface area contributed by atoms with Crippen LogP contribution in [0.1, 0.15) is 30.3 Å². The van der Waals surface area contributed by atoms with Gasteiger partial charge in [-0.1, -0.05) is 0 Å². The molecule has 1 aromatic rings. The van der Waals surface area contributed by atoms with Crippen LogP contribution in [0.2, 0.25) is 0 Å². The molecule has 1 fully saturated rings. The van der Waals surface area contributed by atoms with E-state index in [9.17, 15) is 4.79 Å². The molecule has 1 amide bonds. The summed E-state index contributed by atoms with van der Waals surface area (Å²) < 4.78 is 0.754. The fraction of sp³-hybridized carbons (Fsp3) is 0.538. The molecule has 2 heterocycles.